The van der Waals surface area contributed by atoms with E-state index in [1.807, 2.05) is 42.7 Å². The van der Waals surface area contributed by atoms with Crippen molar-refractivity contribution < 1.29 is 0 Å². The molecule has 1 aromatic heterocycles. The molecule has 2 aromatic carbocycles. The van der Waals surface area contributed by atoms with Gasteiger partial charge in [-0.2, -0.15) is 0 Å². The van der Waals surface area contributed by atoms with Crippen LogP contribution in [0.4, 0.5) is 0 Å². The molecule has 0 N–H and O–H groups in total. The summed E-state index contributed by atoms with van der Waals surface area (Å²) in [4.78, 5) is 12.4. The Balaban J connectivity index is 2.19. The van der Waals surface area contributed by atoms with Crippen LogP contribution in [0.3, 0.4) is 0 Å². The van der Waals surface area contributed by atoms with Gasteiger partial charge in [-0.05, 0) is 48.7 Å². The van der Waals surface area contributed by atoms with Crippen LogP contribution in [0, 0.1) is 13.8 Å². The first-order chi connectivity index (χ1) is 10.0. The Kier molecular flexibility index (Phi) is 3.56. The van der Waals surface area contributed by atoms with Crippen LogP contribution in [0.15, 0.2) is 53.3 Å². The molecule has 0 bridgehead atoms. The Labute approximate surface area is 128 Å². The number of hydrogen-bond donors (Lipinski definition) is 0. The lowest BCUT2D eigenvalue weighted by molar-refractivity contribution is 0.793. The minimum atomic E-state index is 0.0283. The molecule has 1 heterocycles. The maximum atomic E-state index is 12.4. The summed E-state index contributed by atoms with van der Waals surface area (Å²) in [7, 11) is 0. The normalized spacial score (nSPS) is 11.0. The SMILES string of the molecule is Cc1ccc2c(C)cc(=O)n(Cc3ccc(Cl)cc3)c2c1. The van der Waals surface area contributed by atoms with Crippen molar-refractivity contribution in [1.29, 1.82) is 0 Å². The summed E-state index contributed by atoms with van der Waals surface area (Å²) in [5.74, 6) is 0. The van der Waals surface area contributed by atoms with Crippen molar-refractivity contribution >= 4 is 22.5 Å². The first kappa shape index (κ1) is 13.9. The van der Waals surface area contributed by atoms with E-state index >= 15 is 0 Å². The molecular weight excluding hydrogens is 282 g/mol. The standard InChI is InChI=1S/C18H16ClNO/c1-12-3-8-16-13(2)10-18(21)20(17(16)9-12)11-14-4-6-15(19)7-5-14/h3-10H,11H2,1-2H3. The third kappa shape index (κ3) is 2.72. The molecule has 106 valence electrons. The molecule has 3 heteroatoms. The molecule has 3 aromatic rings. The van der Waals surface area contributed by atoms with E-state index in [1.54, 1.807) is 6.07 Å². The number of nitrogens with zero attached hydrogens (tertiary/aromatic N) is 1. The second-order valence-corrected chi connectivity index (χ2v) is 5.84. The Bertz CT molecular complexity index is 863. The lowest BCUT2D eigenvalue weighted by Crippen LogP contribution is -2.21. The number of benzene rings is 2. The molecule has 0 radical (unpaired) electrons. The number of rotatable bonds is 2. The fourth-order valence-corrected chi connectivity index (χ4v) is 2.72. The van der Waals surface area contributed by atoms with Gasteiger partial charge in [0.2, 0.25) is 0 Å². The highest BCUT2D eigenvalue weighted by Crippen LogP contribution is 2.19. The van der Waals surface area contributed by atoms with Gasteiger partial charge in [0.25, 0.3) is 5.56 Å². The van der Waals surface area contributed by atoms with E-state index in [0.717, 1.165) is 27.6 Å². The Hall–Kier alpha value is -2.06. The van der Waals surface area contributed by atoms with Gasteiger partial charge in [-0.25, -0.2) is 0 Å². The van der Waals surface area contributed by atoms with E-state index in [9.17, 15) is 4.79 Å². The summed E-state index contributed by atoms with van der Waals surface area (Å²) in [6.45, 7) is 4.57. The molecule has 2 nitrogen and oxygen atoms in total. The lowest BCUT2D eigenvalue weighted by Gasteiger charge is -2.13. The third-order valence-electron chi connectivity index (χ3n) is 3.73. The molecule has 0 saturated carbocycles. The van der Waals surface area contributed by atoms with Crippen LogP contribution >= 0.6 is 11.6 Å². The van der Waals surface area contributed by atoms with Gasteiger partial charge in [0.05, 0.1) is 12.1 Å². The highest BCUT2D eigenvalue weighted by molar-refractivity contribution is 6.30. The van der Waals surface area contributed by atoms with Crippen molar-refractivity contribution in [2.45, 2.75) is 20.4 Å². The number of hydrogen-bond acceptors (Lipinski definition) is 1. The van der Waals surface area contributed by atoms with Crippen molar-refractivity contribution in [2.75, 3.05) is 0 Å². The van der Waals surface area contributed by atoms with Gasteiger partial charge in [-0.1, -0.05) is 35.9 Å². The number of halogens is 1. The second kappa shape index (κ2) is 5.38. The van der Waals surface area contributed by atoms with E-state index in [-0.39, 0.29) is 5.56 Å². The fourth-order valence-electron chi connectivity index (χ4n) is 2.59. The summed E-state index contributed by atoms with van der Waals surface area (Å²) in [6, 6.07) is 15.5. The quantitative estimate of drug-likeness (QED) is 0.690. The highest BCUT2D eigenvalue weighted by atomic mass is 35.5. The first-order valence-corrected chi connectivity index (χ1v) is 7.27. The van der Waals surface area contributed by atoms with E-state index in [4.69, 9.17) is 11.6 Å². The summed E-state index contributed by atoms with van der Waals surface area (Å²) in [5.41, 5.74) is 4.24. The first-order valence-electron chi connectivity index (χ1n) is 6.90. The molecule has 0 aliphatic rings. The van der Waals surface area contributed by atoms with Crippen molar-refractivity contribution in [3.8, 4) is 0 Å². The van der Waals surface area contributed by atoms with Crippen LogP contribution in [0.5, 0.6) is 0 Å². The van der Waals surface area contributed by atoms with Crippen molar-refractivity contribution in [3.63, 3.8) is 0 Å². The van der Waals surface area contributed by atoms with Gasteiger partial charge in [0.15, 0.2) is 0 Å². The average molecular weight is 298 g/mol. The third-order valence-corrected chi connectivity index (χ3v) is 3.98. The molecule has 0 fully saturated rings. The monoisotopic (exact) mass is 297 g/mol. The van der Waals surface area contributed by atoms with E-state index < -0.39 is 0 Å². The van der Waals surface area contributed by atoms with Gasteiger partial charge < -0.3 is 4.57 Å². The van der Waals surface area contributed by atoms with Crippen LogP contribution in [0.1, 0.15) is 16.7 Å². The zero-order valence-electron chi connectivity index (χ0n) is 12.1. The summed E-state index contributed by atoms with van der Waals surface area (Å²) in [5, 5.41) is 1.82. The summed E-state index contributed by atoms with van der Waals surface area (Å²) >= 11 is 5.91. The second-order valence-electron chi connectivity index (χ2n) is 5.40. The number of fused-ring (bicyclic) bond motifs is 1. The molecule has 0 amide bonds. The van der Waals surface area contributed by atoms with Crippen LogP contribution in [0.2, 0.25) is 5.02 Å². The molecule has 0 spiro atoms. The number of pyridine rings is 1. The largest absolute Gasteiger partial charge is 0.304 e. The maximum absolute atomic E-state index is 12.4. The molecule has 0 aliphatic heterocycles. The van der Waals surface area contributed by atoms with Crippen molar-refractivity contribution in [3.05, 3.63) is 80.6 Å². The Morgan fingerprint density at radius 3 is 2.43 bits per heavy atom. The fraction of sp³-hybridized carbons (Fsp3) is 0.167. The predicted molar refractivity (Wildman–Crippen MR) is 88.2 cm³/mol. The van der Waals surface area contributed by atoms with E-state index in [0.29, 0.717) is 11.6 Å². The highest BCUT2D eigenvalue weighted by Gasteiger charge is 2.07. The molecule has 3 rings (SSSR count). The van der Waals surface area contributed by atoms with Crippen LogP contribution in [0.25, 0.3) is 10.9 Å². The van der Waals surface area contributed by atoms with E-state index in [2.05, 4.69) is 18.2 Å². The maximum Gasteiger partial charge on any atom is 0.251 e. The van der Waals surface area contributed by atoms with E-state index in [1.165, 1.54) is 0 Å². The minimum Gasteiger partial charge on any atom is -0.304 e. The predicted octanol–water partition coefficient (Wildman–Crippen LogP) is 4.32. The topological polar surface area (TPSA) is 22.0 Å². The Morgan fingerprint density at radius 2 is 1.71 bits per heavy atom. The van der Waals surface area contributed by atoms with Crippen LogP contribution in [-0.2, 0) is 6.54 Å². The van der Waals surface area contributed by atoms with Crippen molar-refractivity contribution in [1.82, 2.24) is 4.57 Å². The summed E-state index contributed by atoms with van der Waals surface area (Å²) in [6.07, 6.45) is 0. The van der Waals surface area contributed by atoms with Crippen molar-refractivity contribution in [2.24, 2.45) is 0 Å². The van der Waals surface area contributed by atoms with Gasteiger partial charge in [0, 0.05) is 16.5 Å². The minimum absolute atomic E-state index is 0.0283. The lowest BCUT2D eigenvalue weighted by atomic mass is 10.1. The van der Waals surface area contributed by atoms with Gasteiger partial charge in [0.1, 0.15) is 0 Å². The van der Waals surface area contributed by atoms with Gasteiger partial charge >= 0.3 is 0 Å². The van der Waals surface area contributed by atoms with Gasteiger partial charge in [-0.3, -0.25) is 4.79 Å². The molecular formula is C18H16ClNO. The smallest absolute Gasteiger partial charge is 0.251 e. The van der Waals surface area contributed by atoms with Gasteiger partial charge in [-0.15, -0.1) is 0 Å². The molecule has 0 aliphatic carbocycles. The molecule has 0 saturated heterocycles. The summed E-state index contributed by atoms with van der Waals surface area (Å²) < 4.78 is 1.82. The molecule has 21 heavy (non-hydrogen) atoms. The Morgan fingerprint density at radius 1 is 1.00 bits per heavy atom. The van der Waals surface area contributed by atoms with Crippen LogP contribution < -0.4 is 5.56 Å². The number of aryl methyl sites for hydroxylation is 2. The zero-order valence-corrected chi connectivity index (χ0v) is 12.8. The zero-order chi connectivity index (χ0) is 15.0. The molecule has 0 unspecified atom stereocenters. The average Bonchev–Trinajstić information content (AvgIpc) is 2.45. The number of aromatic nitrogens is 1. The van der Waals surface area contributed by atoms with Crippen LogP contribution in [-0.4, -0.2) is 4.57 Å². The molecule has 0 atom stereocenters.